The zero-order valence-corrected chi connectivity index (χ0v) is 20.0. The molecule has 0 aromatic carbocycles. The van der Waals surface area contributed by atoms with E-state index in [1.165, 1.54) is 5.57 Å². The largest absolute Gasteiger partial charge is 0.481 e. The quantitative estimate of drug-likeness (QED) is 0.447. The summed E-state index contributed by atoms with van der Waals surface area (Å²) in [5.41, 5.74) is 1.08. The van der Waals surface area contributed by atoms with Crippen LogP contribution in [0.3, 0.4) is 0 Å². The summed E-state index contributed by atoms with van der Waals surface area (Å²) in [4.78, 5) is 30.2. The predicted molar refractivity (Wildman–Crippen MR) is 120 cm³/mol. The Morgan fingerprint density at radius 2 is 1.62 bits per heavy atom. The predicted octanol–water partition coefficient (Wildman–Crippen LogP) is 3.53. The molecule has 0 aromatic heterocycles. The molecular weight excluding hydrogens is 412 g/mol. The van der Waals surface area contributed by atoms with Crippen LogP contribution in [0.25, 0.3) is 0 Å². The van der Waals surface area contributed by atoms with Gasteiger partial charge in [-0.1, -0.05) is 32.4 Å². The minimum Gasteiger partial charge on any atom is -0.481 e. The van der Waals surface area contributed by atoms with Crippen LogP contribution in [0.2, 0.25) is 0 Å². The van der Waals surface area contributed by atoms with E-state index in [-0.39, 0.29) is 29.5 Å². The molecule has 182 valence electrons. The number of ketones is 1. The van der Waals surface area contributed by atoms with Crippen LogP contribution in [0.1, 0.15) is 73.1 Å². The first-order chi connectivity index (χ1) is 14.8. The standard InChI is InChI=1S/C21H32O3.2C2H4O2/c1-12-8-14-10-15(23)9-13(2)21(14,11-22)17-6-7-20(3)16(19(12)17)4-5-18(20)24;2*1-2(3)4/h8,12-13,16-19,22,24H,4-7,9-11H2,1-3H3;2*1H3,(H,3,4)/t12-,13+,16+,17+,18+,19+,20+,21+;;/m1../s1. The van der Waals surface area contributed by atoms with Gasteiger partial charge in [0, 0.05) is 32.1 Å². The number of carboxylic acid groups (broad SMARTS) is 2. The number of aliphatic hydroxyl groups is 2. The van der Waals surface area contributed by atoms with Gasteiger partial charge in [0.2, 0.25) is 0 Å². The molecule has 4 rings (SSSR count). The number of allylic oxidation sites excluding steroid dienone is 1. The molecule has 0 heterocycles. The fraction of sp³-hybridized carbons (Fsp3) is 0.800. The maximum atomic E-state index is 12.2. The molecule has 0 saturated heterocycles. The maximum Gasteiger partial charge on any atom is 0.300 e. The van der Waals surface area contributed by atoms with Gasteiger partial charge in [-0.25, -0.2) is 0 Å². The molecule has 0 spiro atoms. The summed E-state index contributed by atoms with van der Waals surface area (Å²) in [5.74, 6) is 0.882. The number of fused-ring (bicyclic) bond motifs is 5. The van der Waals surface area contributed by atoms with Crippen molar-refractivity contribution in [2.45, 2.75) is 79.2 Å². The Hall–Kier alpha value is -1.73. The van der Waals surface area contributed by atoms with Crippen LogP contribution < -0.4 is 0 Å². The Kier molecular flexibility index (Phi) is 8.32. The number of Topliss-reactive ketones (excluding diaryl/α,β-unsaturated/α-hetero) is 1. The minimum atomic E-state index is -0.833. The van der Waals surface area contributed by atoms with Crippen LogP contribution in [-0.4, -0.2) is 50.9 Å². The van der Waals surface area contributed by atoms with Gasteiger partial charge in [-0.05, 0) is 60.7 Å². The molecule has 4 aliphatic carbocycles. The lowest BCUT2D eigenvalue weighted by atomic mass is 9.44. The number of hydrogen-bond acceptors (Lipinski definition) is 5. The van der Waals surface area contributed by atoms with Crippen molar-refractivity contribution in [3.8, 4) is 0 Å². The summed E-state index contributed by atoms with van der Waals surface area (Å²) in [7, 11) is 0. The van der Waals surface area contributed by atoms with Crippen molar-refractivity contribution < 1.29 is 34.8 Å². The molecular formula is C25H40O7. The Labute approximate surface area is 190 Å². The van der Waals surface area contributed by atoms with E-state index < -0.39 is 11.9 Å². The van der Waals surface area contributed by atoms with E-state index in [4.69, 9.17) is 19.8 Å². The first-order valence-electron chi connectivity index (χ1n) is 11.7. The molecule has 3 saturated carbocycles. The molecule has 7 heteroatoms. The Bertz CT molecular complexity index is 739. The first-order valence-corrected chi connectivity index (χ1v) is 11.7. The third kappa shape index (κ3) is 4.79. The molecule has 0 amide bonds. The molecule has 8 atom stereocenters. The van der Waals surface area contributed by atoms with E-state index in [1.807, 2.05) is 0 Å². The third-order valence-corrected chi connectivity index (χ3v) is 8.68. The fourth-order valence-electron chi connectivity index (χ4n) is 7.41. The van der Waals surface area contributed by atoms with Crippen molar-refractivity contribution in [3.63, 3.8) is 0 Å². The van der Waals surface area contributed by atoms with Crippen LogP contribution in [0.5, 0.6) is 0 Å². The zero-order chi connectivity index (χ0) is 24.4. The van der Waals surface area contributed by atoms with Gasteiger partial charge in [0.1, 0.15) is 5.78 Å². The first kappa shape index (κ1) is 26.5. The summed E-state index contributed by atoms with van der Waals surface area (Å²) in [6, 6.07) is 0. The van der Waals surface area contributed by atoms with Crippen molar-refractivity contribution in [1.29, 1.82) is 0 Å². The van der Waals surface area contributed by atoms with E-state index in [0.717, 1.165) is 39.5 Å². The van der Waals surface area contributed by atoms with Crippen LogP contribution in [-0.2, 0) is 14.4 Å². The average Bonchev–Trinajstić information content (AvgIpc) is 2.95. The van der Waals surface area contributed by atoms with Gasteiger partial charge in [0.05, 0.1) is 12.7 Å². The van der Waals surface area contributed by atoms with Crippen molar-refractivity contribution >= 4 is 17.7 Å². The second-order valence-electron chi connectivity index (χ2n) is 10.5. The van der Waals surface area contributed by atoms with E-state index in [0.29, 0.717) is 42.3 Å². The van der Waals surface area contributed by atoms with Crippen molar-refractivity contribution in [2.24, 2.45) is 40.4 Å². The van der Waals surface area contributed by atoms with Gasteiger partial charge in [0.25, 0.3) is 11.9 Å². The summed E-state index contributed by atoms with van der Waals surface area (Å²) >= 11 is 0. The highest BCUT2D eigenvalue weighted by atomic mass is 16.4. The number of aliphatic hydroxyl groups excluding tert-OH is 2. The number of carbonyl (C=O) groups excluding carboxylic acids is 1. The average molecular weight is 453 g/mol. The normalized spacial score (nSPS) is 42.0. The summed E-state index contributed by atoms with van der Waals surface area (Å²) in [5, 5.41) is 35.9. The lowest BCUT2D eigenvalue weighted by Crippen LogP contribution is -2.57. The second-order valence-corrected chi connectivity index (χ2v) is 10.5. The van der Waals surface area contributed by atoms with Crippen LogP contribution in [0, 0.1) is 40.4 Å². The van der Waals surface area contributed by atoms with Gasteiger partial charge in [0.15, 0.2) is 0 Å². The number of aliphatic carboxylic acids is 2. The molecule has 4 N–H and O–H groups in total. The van der Waals surface area contributed by atoms with Gasteiger partial charge in [-0.3, -0.25) is 14.4 Å². The SMILES string of the molecule is CC(=O)O.CC(=O)O.C[C@@H]1C=C2CC(=O)C[C@H](C)[C@]2(CO)[C@H]2CC[C@]3(C)[C@@H](O)CC[C@H]3[C@H]12. The van der Waals surface area contributed by atoms with Gasteiger partial charge in [-0.2, -0.15) is 0 Å². The Morgan fingerprint density at radius 1 is 1.06 bits per heavy atom. The van der Waals surface area contributed by atoms with E-state index in [9.17, 15) is 15.0 Å². The Morgan fingerprint density at radius 3 is 2.16 bits per heavy atom. The topological polar surface area (TPSA) is 132 Å². The van der Waals surface area contributed by atoms with Gasteiger partial charge < -0.3 is 20.4 Å². The lowest BCUT2D eigenvalue weighted by molar-refractivity contribution is -0.135. The molecule has 3 fully saturated rings. The van der Waals surface area contributed by atoms with Crippen LogP contribution in [0.15, 0.2) is 11.6 Å². The molecule has 32 heavy (non-hydrogen) atoms. The number of rotatable bonds is 1. The van der Waals surface area contributed by atoms with E-state index in [2.05, 4.69) is 26.8 Å². The minimum absolute atomic E-state index is 0.0468. The van der Waals surface area contributed by atoms with Crippen LogP contribution in [0.4, 0.5) is 0 Å². The fourth-order valence-corrected chi connectivity index (χ4v) is 7.41. The van der Waals surface area contributed by atoms with Crippen LogP contribution >= 0.6 is 0 Å². The van der Waals surface area contributed by atoms with Crippen molar-refractivity contribution in [1.82, 2.24) is 0 Å². The van der Waals surface area contributed by atoms with Gasteiger partial charge in [-0.15, -0.1) is 0 Å². The summed E-state index contributed by atoms with van der Waals surface area (Å²) < 4.78 is 0. The van der Waals surface area contributed by atoms with Crippen molar-refractivity contribution in [2.75, 3.05) is 6.61 Å². The molecule has 0 bridgehead atoms. The third-order valence-electron chi connectivity index (χ3n) is 8.68. The lowest BCUT2D eigenvalue weighted by Gasteiger charge is -2.61. The number of carbonyl (C=O) groups is 3. The second kappa shape index (κ2) is 10.0. The van der Waals surface area contributed by atoms with Gasteiger partial charge >= 0.3 is 0 Å². The molecule has 0 aliphatic heterocycles. The van der Waals surface area contributed by atoms with E-state index >= 15 is 0 Å². The van der Waals surface area contributed by atoms with Crippen molar-refractivity contribution in [3.05, 3.63) is 11.6 Å². The highest BCUT2D eigenvalue weighted by molar-refractivity contribution is 5.83. The summed E-state index contributed by atoms with van der Waals surface area (Å²) in [6.45, 7) is 9.10. The highest BCUT2D eigenvalue weighted by Gasteiger charge is 2.62. The molecule has 4 aliphatic rings. The molecule has 0 unspecified atom stereocenters. The Balaban J connectivity index is 0.000000395. The monoisotopic (exact) mass is 452 g/mol. The number of carboxylic acids is 2. The molecule has 0 radical (unpaired) electrons. The van der Waals surface area contributed by atoms with E-state index in [1.54, 1.807) is 0 Å². The maximum absolute atomic E-state index is 12.2. The summed E-state index contributed by atoms with van der Waals surface area (Å²) in [6.07, 6.45) is 7.49. The molecule has 7 nitrogen and oxygen atoms in total. The highest BCUT2D eigenvalue weighted by Crippen LogP contribution is 2.66. The zero-order valence-electron chi connectivity index (χ0n) is 20.0. The molecule has 0 aromatic rings. The smallest absolute Gasteiger partial charge is 0.300 e. The number of hydrogen-bond donors (Lipinski definition) is 4.